The third-order valence-corrected chi connectivity index (χ3v) is 5.11. The van der Waals surface area contributed by atoms with E-state index in [0.29, 0.717) is 44.2 Å². The molecule has 2 aromatic rings. The number of carbonyl (C=O) groups excluding carboxylic acids is 1. The number of amides is 1. The molecule has 176 valence electrons. The van der Waals surface area contributed by atoms with Crippen molar-refractivity contribution in [2.24, 2.45) is 0 Å². The minimum atomic E-state index is -4.57. The van der Waals surface area contributed by atoms with Gasteiger partial charge in [0.15, 0.2) is 0 Å². The van der Waals surface area contributed by atoms with Crippen LogP contribution >= 0.6 is 12.2 Å². The van der Waals surface area contributed by atoms with Crippen LogP contribution in [0.2, 0.25) is 0 Å². The zero-order valence-electron chi connectivity index (χ0n) is 17.8. The molecule has 11 heteroatoms. The molecule has 1 aliphatic rings. The third kappa shape index (κ3) is 6.42. The monoisotopic (exact) mass is 480 g/mol. The van der Waals surface area contributed by atoms with Crippen LogP contribution in [0.5, 0.6) is 5.75 Å². The highest BCUT2D eigenvalue weighted by Crippen LogP contribution is 2.35. The quantitative estimate of drug-likeness (QED) is 0.375. The summed E-state index contributed by atoms with van der Waals surface area (Å²) in [5.74, 6) is 0.0984. The topological polar surface area (TPSA) is 84.5 Å². The minimum absolute atomic E-state index is 0.0994. The standard InChI is InChI=1S/C22H23F3N4O3S/c1-31-10-11-32-18-13-26-8-6-14(18)12-28-17-7-9-27-20(30)19(17)21(33)29-16-5-3-2-4-15(16)22(23,24)25/h2-6,8,13,28H,7,9-12H2,1H3,(H,27,30)(H,29,33). The largest absolute Gasteiger partial charge is 0.489 e. The number of nitrogens with one attached hydrogen (secondary N) is 3. The average Bonchev–Trinajstić information content (AvgIpc) is 2.78. The summed E-state index contributed by atoms with van der Waals surface area (Å²) in [6, 6.07) is 6.74. The van der Waals surface area contributed by atoms with E-state index in [4.69, 9.17) is 21.7 Å². The Kier molecular flexibility index (Phi) is 8.23. The Morgan fingerprint density at radius 3 is 2.79 bits per heavy atom. The predicted molar refractivity (Wildman–Crippen MR) is 121 cm³/mol. The molecule has 1 aliphatic heterocycles. The number of benzene rings is 1. The van der Waals surface area contributed by atoms with Crippen molar-refractivity contribution < 1.29 is 27.4 Å². The van der Waals surface area contributed by atoms with E-state index >= 15 is 0 Å². The minimum Gasteiger partial charge on any atom is -0.489 e. The molecule has 0 saturated carbocycles. The summed E-state index contributed by atoms with van der Waals surface area (Å²) in [6.07, 6.45) is -0.933. The molecule has 33 heavy (non-hydrogen) atoms. The number of anilines is 1. The first-order chi connectivity index (χ1) is 15.8. The van der Waals surface area contributed by atoms with Gasteiger partial charge < -0.3 is 25.4 Å². The summed E-state index contributed by atoms with van der Waals surface area (Å²) in [7, 11) is 1.57. The van der Waals surface area contributed by atoms with Gasteiger partial charge in [-0.2, -0.15) is 13.2 Å². The van der Waals surface area contributed by atoms with Crippen molar-refractivity contribution in [2.75, 3.05) is 32.2 Å². The summed E-state index contributed by atoms with van der Waals surface area (Å²) in [6.45, 7) is 1.44. The maximum Gasteiger partial charge on any atom is 0.418 e. The lowest BCUT2D eigenvalue weighted by Crippen LogP contribution is -2.39. The molecule has 0 atom stereocenters. The van der Waals surface area contributed by atoms with E-state index in [9.17, 15) is 18.0 Å². The van der Waals surface area contributed by atoms with Gasteiger partial charge in [0.2, 0.25) is 0 Å². The van der Waals surface area contributed by atoms with Crippen LogP contribution in [0.25, 0.3) is 0 Å². The molecule has 0 radical (unpaired) electrons. The van der Waals surface area contributed by atoms with Crippen LogP contribution in [0.1, 0.15) is 17.5 Å². The number of aromatic nitrogens is 1. The van der Waals surface area contributed by atoms with Gasteiger partial charge in [0, 0.05) is 44.1 Å². The molecule has 3 rings (SSSR count). The second-order valence-electron chi connectivity index (χ2n) is 7.04. The number of pyridine rings is 1. The molecule has 0 aliphatic carbocycles. The first-order valence-corrected chi connectivity index (χ1v) is 10.5. The molecular weight excluding hydrogens is 457 g/mol. The van der Waals surface area contributed by atoms with E-state index in [0.717, 1.165) is 11.6 Å². The fourth-order valence-corrected chi connectivity index (χ4v) is 3.54. The van der Waals surface area contributed by atoms with Crippen LogP contribution in [0.3, 0.4) is 0 Å². The Balaban J connectivity index is 1.81. The van der Waals surface area contributed by atoms with Crippen LogP contribution in [0.4, 0.5) is 18.9 Å². The Labute approximate surface area is 194 Å². The third-order valence-electron chi connectivity index (χ3n) is 4.80. The normalized spacial score (nSPS) is 14.0. The number of rotatable bonds is 9. The summed E-state index contributed by atoms with van der Waals surface area (Å²) < 4.78 is 50.7. The number of thiocarbonyl (C=S) groups is 1. The highest BCUT2D eigenvalue weighted by Gasteiger charge is 2.34. The lowest BCUT2D eigenvalue weighted by molar-refractivity contribution is -0.136. The maximum atomic E-state index is 13.3. The van der Waals surface area contributed by atoms with Crippen molar-refractivity contribution in [2.45, 2.75) is 19.1 Å². The fraction of sp³-hybridized carbons (Fsp3) is 0.318. The molecule has 2 heterocycles. The van der Waals surface area contributed by atoms with Crippen LogP contribution in [0, 0.1) is 0 Å². The van der Waals surface area contributed by atoms with Crippen LogP contribution in [-0.4, -0.2) is 42.7 Å². The highest BCUT2D eigenvalue weighted by atomic mass is 32.1. The Morgan fingerprint density at radius 1 is 1.24 bits per heavy atom. The van der Waals surface area contributed by atoms with Gasteiger partial charge in [-0.15, -0.1) is 0 Å². The average molecular weight is 481 g/mol. The Hall–Kier alpha value is -3.18. The summed E-state index contributed by atoms with van der Waals surface area (Å²) in [5.41, 5.74) is 0.334. The van der Waals surface area contributed by atoms with Gasteiger partial charge in [0.25, 0.3) is 5.91 Å². The van der Waals surface area contributed by atoms with Crippen molar-refractivity contribution in [3.8, 4) is 5.75 Å². The second kappa shape index (κ2) is 11.1. The van der Waals surface area contributed by atoms with E-state index in [1.165, 1.54) is 18.2 Å². The summed E-state index contributed by atoms with van der Waals surface area (Å²) >= 11 is 5.33. The van der Waals surface area contributed by atoms with Gasteiger partial charge in [-0.1, -0.05) is 24.4 Å². The van der Waals surface area contributed by atoms with Crippen molar-refractivity contribution in [1.82, 2.24) is 15.6 Å². The zero-order valence-corrected chi connectivity index (χ0v) is 18.6. The smallest absolute Gasteiger partial charge is 0.418 e. The van der Waals surface area contributed by atoms with Crippen LogP contribution in [0.15, 0.2) is 54.0 Å². The molecule has 0 fully saturated rings. The number of hydrogen-bond acceptors (Lipinski definition) is 6. The first-order valence-electron chi connectivity index (χ1n) is 10.1. The van der Waals surface area contributed by atoms with Gasteiger partial charge >= 0.3 is 6.18 Å². The lowest BCUT2D eigenvalue weighted by Gasteiger charge is -2.24. The van der Waals surface area contributed by atoms with Crippen LogP contribution in [-0.2, 0) is 22.3 Å². The Morgan fingerprint density at radius 2 is 2.03 bits per heavy atom. The van der Waals surface area contributed by atoms with Gasteiger partial charge in [0.05, 0.1) is 29.6 Å². The van der Waals surface area contributed by atoms with Gasteiger partial charge in [-0.3, -0.25) is 9.78 Å². The second-order valence-corrected chi connectivity index (χ2v) is 7.44. The van der Waals surface area contributed by atoms with E-state index in [1.54, 1.807) is 25.6 Å². The van der Waals surface area contributed by atoms with E-state index < -0.39 is 17.6 Å². The molecule has 0 spiro atoms. The predicted octanol–water partition coefficient (Wildman–Crippen LogP) is 3.43. The molecule has 0 saturated heterocycles. The van der Waals surface area contributed by atoms with Crippen molar-refractivity contribution >= 4 is 28.8 Å². The van der Waals surface area contributed by atoms with Gasteiger partial charge in [0.1, 0.15) is 17.3 Å². The van der Waals surface area contributed by atoms with Crippen molar-refractivity contribution in [1.29, 1.82) is 0 Å². The number of methoxy groups -OCH3 is 1. The first kappa shape index (κ1) is 24.5. The van der Waals surface area contributed by atoms with Gasteiger partial charge in [-0.25, -0.2) is 0 Å². The molecule has 3 N–H and O–H groups in total. The lowest BCUT2D eigenvalue weighted by atomic mass is 10.1. The molecule has 0 unspecified atom stereocenters. The molecule has 7 nitrogen and oxygen atoms in total. The fourth-order valence-electron chi connectivity index (χ4n) is 3.21. The van der Waals surface area contributed by atoms with Crippen molar-refractivity contribution in [3.05, 3.63) is 65.1 Å². The van der Waals surface area contributed by atoms with Gasteiger partial charge in [-0.05, 0) is 18.2 Å². The number of alkyl halides is 3. The number of nitrogens with zero attached hydrogens (tertiary/aromatic N) is 1. The SMILES string of the molecule is COCCOc1cnccc1CNC1=C(C(=S)Nc2ccccc2C(F)(F)F)C(=O)NCC1. The molecule has 0 bridgehead atoms. The van der Waals surface area contributed by atoms with Crippen molar-refractivity contribution in [3.63, 3.8) is 0 Å². The summed E-state index contributed by atoms with van der Waals surface area (Å²) in [4.78, 5) is 16.5. The van der Waals surface area contributed by atoms with E-state index in [2.05, 4.69) is 20.9 Å². The molecule has 1 aromatic heterocycles. The number of halogens is 3. The maximum absolute atomic E-state index is 13.3. The van der Waals surface area contributed by atoms with Crippen LogP contribution < -0.4 is 20.7 Å². The molecule has 1 aromatic carbocycles. The summed E-state index contributed by atoms with van der Waals surface area (Å²) in [5, 5.41) is 8.47. The number of ether oxygens (including phenoxy) is 2. The molecular formula is C22H23F3N4O3S. The number of hydrogen-bond donors (Lipinski definition) is 3. The molecule has 1 amide bonds. The number of carbonyl (C=O) groups is 1. The van der Waals surface area contributed by atoms with E-state index in [1.807, 2.05) is 0 Å². The van der Waals surface area contributed by atoms with E-state index in [-0.39, 0.29) is 16.2 Å². The highest BCUT2D eigenvalue weighted by molar-refractivity contribution is 7.81. The zero-order chi connectivity index (χ0) is 23.8. The Bertz CT molecular complexity index is 1040. The number of para-hydroxylation sites is 1.